The van der Waals surface area contributed by atoms with Crippen molar-refractivity contribution in [1.82, 2.24) is 19.7 Å². The average molecular weight is 465 g/mol. The van der Waals surface area contributed by atoms with Crippen LogP contribution in [0.3, 0.4) is 0 Å². The van der Waals surface area contributed by atoms with E-state index in [1.807, 2.05) is 35.7 Å². The number of carbonyl (C=O) groups excluding carboxylic acids is 1. The monoisotopic (exact) mass is 464 g/mol. The lowest BCUT2D eigenvalue weighted by Gasteiger charge is -2.32. The van der Waals surface area contributed by atoms with Crippen LogP contribution < -0.4 is 0 Å². The van der Waals surface area contributed by atoms with Gasteiger partial charge in [-0.25, -0.2) is 4.98 Å². The summed E-state index contributed by atoms with van der Waals surface area (Å²) in [4.78, 5) is 24.2. The van der Waals surface area contributed by atoms with Crippen LogP contribution in [-0.4, -0.2) is 77.1 Å². The number of piperazine rings is 1. The third-order valence-electron chi connectivity index (χ3n) is 6.00. The molecule has 1 fully saturated rings. The zero-order chi connectivity index (χ0) is 23.0. The second-order valence-electron chi connectivity index (χ2n) is 8.63. The number of thiazole rings is 1. The first-order valence-corrected chi connectivity index (χ1v) is 12.4. The molecule has 1 amide bonds. The summed E-state index contributed by atoms with van der Waals surface area (Å²) in [6.45, 7) is 6.12. The molecule has 0 atom stereocenters. The molecule has 33 heavy (non-hydrogen) atoms. The van der Waals surface area contributed by atoms with Gasteiger partial charge in [0.1, 0.15) is 5.01 Å². The minimum Gasteiger partial charge on any atom is -0.395 e. The molecule has 1 aliphatic heterocycles. The summed E-state index contributed by atoms with van der Waals surface area (Å²) in [5, 5.41) is 12.3. The second-order valence-corrected chi connectivity index (χ2v) is 9.48. The minimum atomic E-state index is -0.0546. The van der Waals surface area contributed by atoms with Crippen molar-refractivity contribution in [2.45, 2.75) is 19.5 Å². The van der Waals surface area contributed by atoms with E-state index in [-0.39, 0.29) is 18.9 Å². The highest BCUT2D eigenvalue weighted by molar-refractivity contribution is 7.13. The Morgan fingerprint density at radius 3 is 2.58 bits per heavy atom. The van der Waals surface area contributed by atoms with Gasteiger partial charge in [-0.05, 0) is 24.2 Å². The largest absolute Gasteiger partial charge is 0.395 e. The van der Waals surface area contributed by atoms with Crippen LogP contribution in [0.2, 0.25) is 0 Å². The third-order valence-corrected chi connectivity index (χ3v) is 6.94. The molecule has 4 rings (SSSR count). The Labute approximate surface area is 200 Å². The van der Waals surface area contributed by atoms with E-state index in [4.69, 9.17) is 4.98 Å². The van der Waals surface area contributed by atoms with E-state index in [0.29, 0.717) is 13.1 Å². The fourth-order valence-electron chi connectivity index (χ4n) is 4.07. The molecule has 0 spiro atoms. The number of likely N-dealkylation sites (N-methyl/N-ethyl adjacent to an activating group) is 1. The van der Waals surface area contributed by atoms with Crippen LogP contribution in [0.4, 0.5) is 0 Å². The summed E-state index contributed by atoms with van der Waals surface area (Å²) in [6, 6.07) is 18.4. The van der Waals surface area contributed by atoms with Crippen LogP contribution in [0.1, 0.15) is 16.8 Å². The maximum absolute atomic E-state index is 12.9. The zero-order valence-corrected chi connectivity index (χ0v) is 20.0. The SMILES string of the molecule is CN1CCN(Cc2cccc(-c3nc(CC(=O)N(CCO)Cc4ccccc4)cs3)c2)CC1. The molecule has 6 nitrogen and oxygen atoms in total. The van der Waals surface area contributed by atoms with E-state index in [1.165, 1.54) is 5.56 Å². The van der Waals surface area contributed by atoms with Gasteiger partial charge in [-0.2, -0.15) is 0 Å². The highest BCUT2D eigenvalue weighted by Crippen LogP contribution is 2.25. The van der Waals surface area contributed by atoms with E-state index in [9.17, 15) is 9.90 Å². The molecule has 0 radical (unpaired) electrons. The van der Waals surface area contributed by atoms with E-state index in [2.05, 4.69) is 41.1 Å². The number of amides is 1. The first-order chi connectivity index (χ1) is 16.1. The van der Waals surface area contributed by atoms with Gasteiger partial charge < -0.3 is 14.9 Å². The fourth-order valence-corrected chi connectivity index (χ4v) is 4.89. The number of hydrogen-bond acceptors (Lipinski definition) is 6. The van der Waals surface area contributed by atoms with Crippen molar-refractivity contribution >= 4 is 17.2 Å². The summed E-state index contributed by atoms with van der Waals surface area (Å²) in [5.74, 6) is -0.0198. The first-order valence-electron chi connectivity index (χ1n) is 11.5. The Bertz CT molecular complexity index is 1030. The van der Waals surface area contributed by atoms with Gasteiger partial charge in [0.25, 0.3) is 0 Å². The highest BCUT2D eigenvalue weighted by atomic mass is 32.1. The van der Waals surface area contributed by atoms with E-state index in [0.717, 1.165) is 54.6 Å². The summed E-state index contributed by atoms with van der Waals surface area (Å²) in [7, 11) is 2.17. The predicted octanol–water partition coefficient (Wildman–Crippen LogP) is 3.12. The summed E-state index contributed by atoms with van der Waals surface area (Å²) in [5.41, 5.74) is 4.22. The molecule has 3 aromatic rings. The third kappa shape index (κ3) is 6.71. The fraction of sp³-hybridized carbons (Fsp3) is 0.385. The summed E-state index contributed by atoms with van der Waals surface area (Å²) in [6.07, 6.45) is 0.240. The summed E-state index contributed by atoms with van der Waals surface area (Å²) >= 11 is 1.58. The van der Waals surface area contributed by atoms with Crippen molar-refractivity contribution < 1.29 is 9.90 Å². The minimum absolute atomic E-state index is 0.0198. The average Bonchev–Trinajstić information content (AvgIpc) is 3.30. The van der Waals surface area contributed by atoms with Gasteiger partial charge in [0, 0.05) is 56.8 Å². The number of nitrogens with zero attached hydrogens (tertiary/aromatic N) is 4. The van der Waals surface area contributed by atoms with E-state index >= 15 is 0 Å². The topological polar surface area (TPSA) is 59.9 Å². The quantitative estimate of drug-likeness (QED) is 0.527. The van der Waals surface area contributed by atoms with Crippen molar-refractivity contribution in [3.05, 3.63) is 76.8 Å². The standard InChI is InChI=1S/C26H32N4O2S/c1-28-10-12-29(13-11-28)18-22-8-5-9-23(16-22)26-27-24(20-33-26)17-25(32)30(14-15-31)19-21-6-3-2-4-7-21/h2-9,16,20,31H,10-15,17-19H2,1H3. The Balaban J connectivity index is 1.39. The van der Waals surface area contributed by atoms with Crippen molar-refractivity contribution in [2.24, 2.45) is 0 Å². The zero-order valence-electron chi connectivity index (χ0n) is 19.2. The van der Waals surface area contributed by atoms with Gasteiger partial charge in [0.2, 0.25) is 5.91 Å². The number of benzene rings is 2. The Morgan fingerprint density at radius 1 is 1.06 bits per heavy atom. The van der Waals surface area contributed by atoms with Crippen LogP contribution in [-0.2, 0) is 24.3 Å². The molecule has 1 aromatic heterocycles. The maximum Gasteiger partial charge on any atom is 0.228 e. The molecular weight excluding hydrogens is 432 g/mol. The molecule has 1 aliphatic rings. The number of carbonyl (C=O) groups is 1. The number of aromatic nitrogens is 1. The van der Waals surface area contributed by atoms with Gasteiger partial charge in [-0.1, -0.05) is 48.5 Å². The molecule has 0 aliphatic carbocycles. The summed E-state index contributed by atoms with van der Waals surface area (Å²) < 4.78 is 0. The van der Waals surface area contributed by atoms with E-state index < -0.39 is 0 Å². The lowest BCUT2D eigenvalue weighted by atomic mass is 10.1. The van der Waals surface area contributed by atoms with E-state index in [1.54, 1.807) is 16.2 Å². The molecule has 2 heterocycles. The van der Waals surface area contributed by atoms with Gasteiger partial charge in [0.05, 0.1) is 18.7 Å². The van der Waals surface area contributed by atoms with Crippen LogP contribution in [0.5, 0.6) is 0 Å². The lowest BCUT2D eigenvalue weighted by Crippen LogP contribution is -2.43. The number of rotatable bonds is 9. The van der Waals surface area contributed by atoms with Crippen LogP contribution >= 0.6 is 11.3 Å². The van der Waals surface area contributed by atoms with Crippen molar-refractivity contribution in [1.29, 1.82) is 0 Å². The number of hydrogen-bond donors (Lipinski definition) is 1. The molecule has 1 saturated heterocycles. The first kappa shape index (κ1) is 23.6. The Hall–Kier alpha value is -2.58. The van der Waals surface area contributed by atoms with Crippen molar-refractivity contribution in [3.63, 3.8) is 0 Å². The number of aliphatic hydroxyl groups is 1. The van der Waals surface area contributed by atoms with Gasteiger partial charge >= 0.3 is 0 Å². The lowest BCUT2D eigenvalue weighted by molar-refractivity contribution is -0.131. The van der Waals surface area contributed by atoms with Crippen LogP contribution in [0.25, 0.3) is 10.6 Å². The molecule has 0 unspecified atom stereocenters. The molecule has 0 saturated carbocycles. The van der Waals surface area contributed by atoms with Crippen molar-refractivity contribution in [3.8, 4) is 10.6 Å². The number of aliphatic hydroxyl groups excluding tert-OH is 1. The Morgan fingerprint density at radius 2 is 1.82 bits per heavy atom. The molecular formula is C26H32N4O2S. The highest BCUT2D eigenvalue weighted by Gasteiger charge is 2.17. The molecule has 0 bridgehead atoms. The predicted molar refractivity (Wildman–Crippen MR) is 133 cm³/mol. The molecule has 7 heteroatoms. The molecule has 2 aromatic carbocycles. The van der Waals surface area contributed by atoms with Crippen LogP contribution in [0, 0.1) is 0 Å². The van der Waals surface area contributed by atoms with Gasteiger partial charge in [0.15, 0.2) is 0 Å². The van der Waals surface area contributed by atoms with Crippen molar-refractivity contribution in [2.75, 3.05) is 46.4 Å². The van der Waals surface area contributed by atoms with Gasteiger partial charge in [-0.3, -0.25) is 9.69 Å². The molecule has 174 valence electrons. The Kier molecular flexibility index (Phi) is 8.23. The second kappa shape index (κ2) is 11.5. The molecule has 1 N–H and O–H groups in total. The van der Waals surface area contributed by atoms with Gasteiger partial charge in [-0.15, -0.1) is 11.3 Å². The normalized spacial score (nSPS) is 15.0. The smallest absolute Gasteiger partial charge is 0.228 e. The maximum atomic E-state index is 12.9. The van der Waals surface area contributed by atoms with Crippen LogP contribution in [0.15, 0.2) is 60.0 Å².